The summed E-state index contributed by atoms with van der Waals surface area (Å²) in [5.41, 5.74) is 3.62. The first-order chi connectivity index (χ1) is 8.19. The van der Waals surface area contributed by atoms with E-state index in [1.165, 1.54) is 0 Å². The van der Waals surface area contributed by atoms with E-state index in [0.29, 0.717) is 0 Å². The van der Waals surface area contributed by atoms with Gasteiger partial charge in [0.15, 0.2) is 0 Å². The molecule has 0 aliphatic carbocycles. The maximum atomic E-state index is 12.4. The highest BCUT2D eigenvalue weighted by Crippen LogP contribution is 2.09. The molecule has 0 aromatic carbocycles. The molecule has 0 atom stereocenters. The first kappa shape index (κ1) is 11.8. The molecule has 2 heterocycles. The Bertz CT molecular complexity index is 599. The summed E-state index contributed by atoms with van der Waals surface area (Å²) >= 11 is 0. The zero-order chi connectivity index (χ0) is 12.4. The SMILES string of the molecule is CCCc1nc2cccc(C)n2c(=O)c1CC. The highest BCUT2D eigenvalue weighted by atomic mass is 16.1. The number of aryl methyl sites for hydroxylation is 2. The fourth-order valence-corrected chi connectivity index (χ4v) is 2.22. The number of fused-ring (bicyclic) bond motifs is 1. The number of rotatable bonds is 3. The van der Waals surface area contributed by atoms with Crippen LogP contribution in [0.5, 0.6) is 0 Å². The normalized spacial score (nSPS) is 11.0. The van der Waals surface area contributed by atoms with Gasteiger partial charge < -0.3 is 0 Å². The van der Waals surface area contributed by atoms with E-state index >= 15 is 0 Å². The van der Waals surface area contributed by atoms with Gasteiger partial charge in [0.05, 0.1) is 5.69 Å². The van der Waals surface area contributed by atoms with Crippen molar-refractivity contribution in [2.75, 3.05) is 0 Å². The van der Waals surface area contributed by atoms with Crippen LogP contribution in [0.3, 0.4) is 0 Å². The van der Waals surface area contributed by atoms with Crippen molar-refractivity contribution in [3.8, 4) is 0 Å². The Hall–Kier alpha value is -1.64. The number of pyridine rings is 1. The minimum absolute atomic E-state index is 0.0963. The van der Waals surface area contributed by atoms with E-state index in [1.54, 1.807) is 4.40 Å². The van der Waals surface area contributed by atoms with Crippen molar-refractivity contribution in [2.24, 2.45) is 0 Å². The van der Waals surface area contributed by atoms with E-state index in [1.807, 2.05) is 32.0 Å². The van der Waals surface area contributed by atoms with E-state index in [0.717, 1.165) is 41.9 Å². The molecular formula is C14H18N2O. The molecule has 0 aliphatic heterocycles. The molecule has 3 nitrogen and oxygen atoms in total. The van der Waals surface area contributed by atoms with Gasteiger partial charge in [-0.3, -0.25) is 9.20 Å². The van der Waals surface area contributed by atoms with Crippen molar-refractivity contribution in [3.05, 3.63) is 45.5 Å². The molecule has 0 radical (unpaired) electrons. The van der Waals surface area contributed by atoms with Crippen molar-refractivity contribution >= 4 is 5.65 Å². The number of hydrogen-bond donors (Lipinski definition) is 0. The van der Waals surface area contributed by atoms with Crippen LogP contribution >= 0.6 is 0 Å². The summed E-state index contributed by atoms with van der Waals surface area (Å²) in [5, 5.41) is 0. The first-order valence-electron chi connectivity index (χ1n) is 6.19. The number of hydrogen-bond acceptors (Lipinski definition) is 2. The second-order valence-corrected chi connectivity index (χ2v) is 4.31. The summed E-state index contributed by atoms with van der Waals surface area (Å²) in [6, 6.07) is 5.78. The third-order valence-corrected chi connectivity index (χ3v) is 3.06. The van der Waals surface area contributed by atoms with Crippen molar-refractivity contribution in [1.82, 2.24) is 9.38 Å². The van der Waals surface area contributed by atoms with Gasteiger partial charge in [-0.2, -0.15) is 0 Å². The lowest BCUT2D eigenvalue weighted by Gasteiger charge is -2.10. The summed E-state index contributed by atoms with van der Waals surface area (Å²) in [5.74, 6) is 0. The van der Waals surface area contributed by atoms with Crippen LogP contribution in [0, 0.1) is 6.92 Å². The van der Waals surface area contributed by atoms with Crippen molar-refractivity contribution in [3.63, 3.8) is 0 Å². The Morgan fingerprint density at radius 3 is 2.71 bits per heavy atom. The lowest BCUT2D eigenvalue weighted by molar-refractivity contribution is 0.825. The summed E-state index contributed by atoms with van der Waals surface area (Å²) in [7, 11) is 0. The fourth-order valence-electron chi connectivity index (χ4n) is 2.22. The fraction of sp³-hybridized carbons (Fsp3) is 0.429. The van der Waals surface area contributed by atoms with Crippen LogP contribution in [0.15, 0.2) is 23.0 Å². The lowest BCUT2D eigenvalue weighted by Crippen LogP contribution is -2.23. The summed E-state index contributed by atoms with van der Waals surface area (Å²) < 4.78 is 1.71. The molecule has 2 rings (SSSR count). The molecule has 0 fully saturated rings. The van der Waals surface area contributed by atoms with E-state index in [9.17, 15) is 4.79 Å². The molecule has 0 bridgehead atoms. The highest BCUT2D eigenvalue weighted by Gasteiger charge is 2.11. The second kappa shape index (κ2) is 4.70. The third-order valence-electron chi connectivity index (χ3n) is 3.06. The molecular weight excluding hydrogens is 212 g/mol. The zero-order valence-corrected chi connectivity index (χ0v) is 10.7. The van der Waals surface area contributed by atoms with Gasteiger partial charge in [0.1, 0.15) is 5.65 Å². The van der Waals surface area contributed by atoms with Gasteiger partial charge in [-0.05, 0) is 31.9 Å². The van der Waals surface area contributed by atoms with Crippen molar-refractivity contribution in [2.45, 2.75) is 40.0 Å². The average Bonchev–Trinajstić information content (AvgIpc) is 2.29. The summed E-state index contributed by atoms with van der Waals surface area (Å²) in [6.45, 7) is 6.07. The lowest BCUT2D eigenvalue weighted by atomic mass is 10.1. The van der Waals surface area contributed by atoms with Crippen LogP contribution in [0.25, 0.3) is 5.65 Å². The Kier molecular flexibility index (Phi) is 3.27. The predicted octanol–water partition coefficient (Wildman–Crippen LogP) is 2.52. The Balaban J connectivity index is 2.83. The molecule has 3 heteroatoms. The van der Waals surface area contributed by atoms with Gasteiger partial charge in [-0.15, -0.1) is 0 Å². The summed E-state index contributed by atoms with van der Waals surface area (Å²) in [4.78, 5) is 17.0. The van der Waals surface area contributed by atoms with Crippen LogP contribution in [0.2, 0.25) is 0 Å². The van der Waals surface area contributed by atoms with E-state index in [2.05, 4.69) is 11.9 Å². The van der Waals surface area contributed by atoms with Crippen molar-refractivity contribution < 1.29 is 0 Å². The molecule has 0 saturated heterocycles. The zero-order valence-electron chi connectivity index (χ0n) is 10.7. The number of aromatic nitrogens is 2. The summed E-state index contributed by atoms with van der Waals surface area (Å²) in [6.07, 6.45) is 2.64. The monoisotopic (exact) mass is 230 g/mol. The van der Waals surface area contributed by atoms with Crippen LogP contribution in [0.1, 0.15) is 37.2 Å². The quantitative estimate of drug-likeness (QED) is 0.812. The standard InChI is InChI=1S/C14H18N2O/c1-4-7-12-11(5-2)14(17)16-10(3)8-6-9-13(16)15-12/h6,8-9H,4-5,7H2,1-3H3. The minimum atomic E-state index is 0.0963. The van der Waals surface area contributed by atoms with Gasteiger partial charge in [-0.25, -0.2) is 4.98 Å². The van der Waals surface area contributed by atoms with Gasteiger partial charge >= 0.3 is 0 Å². The second-order valence-electron chi connectivity index (χ2n) is 4.31. The van der Waals surface area contributed by atoms with E-state index in [4.69, 9.17) is 0 Å². The van der Waals surface area contributed by atoms with E-state index < -0.39 is 0 Å². The molecule has 2 aromatic heterocycles. The average molecular weight is 230 g/mol. The van der Waals surface area contributed by atoms with E-state index in [-0.39, 0.29) is 5.56 Å². The van der Waals surface area contributed by atoms with Crippen molar-refractivity contribution in [1.29, 1.82) is 0 Å². The van der Waals surface area contributed by atoms with Crippen LogP contribution < -0.4 is 5.56 Å². The smallest absolute Gasteiger partial charge is 0.261 e. The maximum Gasteiger partial charge on any atom is 0.261 e. The van der Waals surface area contributed by atoms with Gasteiger partial charge in [0.2, 0.25) is 0 Å². The minimum Gasteiger partial charge on any atom is -0.269 e. The molecule has 17 heavy (non-hydrogen) atoms. The van der Waals surface area contributed by atoms with Gasteiger partial charge in [0.25, 0.3) is 5.56 Å². The Morgan fingerprint density at radius 1 is 1.29 bits per heavy atom. The van der Waals surface area contributed by atoms with Crippen LogP contribution in [-0.4, -0.2) is 9.38 Å². The molecule has 0 aliphatic rings. The molecule has 0 amide bonds. The topological polar surface area (TPSA) is 34.4 Å². The molecule has 0 N–H and O–H groups in total. The molecule has 0 saturated carbocycles. The van der Waals surface area contributed by atoms with Gasteiger partial charge in [0, 0.05) is 11.3 Å². The largest absolute Gasteiger partial charge is 0.269 e. The Morgan fingerprint density at radius 2 is 2.06 bits per heavy atom. The highest BCUT2D eigenvalue weighted by molar-refractivity contribution is 5.42. The third kappa shape index (κ3) is 1.97. The first-order valence-corrected chi connectivity index (χ1v) is 6.19. The predicted molar refractivity (Wildman–Crippen MR) is 69.6 cm³/mol. The van der Waals surface area contributed by atoms with Crippen LogP contribution in [-0.2, 0) is 12.8 Å². The maximum absolute atomic E-state index is 12.4. The molecule has 0 unspecified atom stereocenters. The van der Waals surface area contributed by atoms with Gasteiger partial charge in [-0.1, -0.05) is 26.3 Å². The Labute approximate surface area is 101 Å². The molecule has 90 valence electrons. The molecule has 0 spiro atoms. The molecule has 2 aromatic rings. The number of nitrogens with zero attached hydrogens (tertiary/aromatic N) is 2. The van der Waals surface area contributed by atoms with Crippen LogP contribution in [0.4, 0.5) is 0 Å².